The number of piperidine rings is 1. The second kappa shape index (κ2) is 7.01. The minimum atomic E-state index is -0.946. The Morgan fingerprint density at radius 3 is 2.70 bits per heavy atom. The van der Waals surface area contributed by atoms with Gasteiger partial charge in [0.1, 0.15) is 6.04 Å². The second-order valence-electron chi connectivity index (χ2n) is 5.50. The van der Waals surface area contributed by atoms with Crippen molar-refractivity contribution in [1.29, 1.82) is 0 Å². The van der Waals surface area contributed by atoms with E-state index >= 15 is 0 Å². The molecule has 4 amide bonds. The van der Waals surface area contributed by atoms with E-state index in [0.29, 0.717) is 12.0 Å². The van der Waals surface area contributed by atoms with Crippen molar-refractivity contribution in [3.63, 3.8) is 0 Å². The number of aryl methyl sites for hydroxylation is 2. The summed E-state index contributed by atoms with van der Waals surface area (Å²) in [5.74, 6) is -1.52. The van der Waals surface area contributed by atoms with Gasteiger partial charge in [0, 0.05) is 12.0 Å². The molecule has 1 heterocycles. The normalized spacial score (nSPS) is 17.6. The molecule has 2 atom stereocenters. The van der Waals surface area contributed by atoms with E-state index in [1.54, 1.807) is 13.0 Å². The summed E-state index contributed by atoms with van der Waals surface area (Å²) in [5.41, 5.74) is 2.11. The minimum absolute atomic E-state index is 0.109. The van der Waals surface area contributed by atoms with Crippen LogP contribution in [-0.4, -0.2) is 35.1 Å². The van der Waals surface area contributed by atoms with Gasteiger partial charge >= 0.3 is 0 Å². The molecule has 1 aromatic rings. The molecule has 0 spiro atoms. The Morgan fingerprint density at radius 1 is 1.43 bits per heavy atom. The molecule has 122 valence electrons. The van der Waals surface area contributed by atoms with E-state index in [9.17, 15) is 19.2 Å². The van der Waals surface area contributed by atoms with Crippen molar-refractivity contribution in [2.75, 3.05) is 0 Å². The number of carbonyl (C=O) groups excluding carboxylic acids is 4. The zero-order valence-corrected chi connectivity index (χ0v) is 14.2. The van der Waals surface area contributed by atoms with Crippen LogP contribution in [-0.2, 0) is 20.8 Å². The van der Waals surface area contributed by atoms with Crippen molar-refractivity contribution >= 4 is 38.7 Å². The molecule has 0 bridgehead atoms. The van der Waals surface area contributed by atoms with Gasteiger partial charge in [-0.2, -0.15) is 0 Å². The van der Waals surface area contributed by atoms with Gasteiger partial charge in [-0.3, -0.25) is 29.4 Å². The van der Waals surface area contributed by atoms with Gasteiger partial charge in [0.2, 0.25) is 18.2 Å². The van der Waals surface area contributed by atoms with E-state index < -0.39 is 17.9 Å². The molecule has 1 aliphatic rings. The molecule has 1 aliphatic heterocycles. The smallest absolute Gasteiger partial charge is 0.261 e. The van der Waals surface area contributed by atoms with Crippen molar-refractivity contribution in [1.82, 2.24) is 10.2 Å². The Labute approximate surface area is 136 Å². The van der Waals surface area contributed by atoms with E-state index in [2.05, 4.69) is 14.6 Å². The Kier molecular flexibility index (Phi) is 5.26. The molecular weight excluding hydrogens is 315 g/mol. The Hall–Kier alpha value is -2.07. The van der Waals surface area contributed by atoms with Gasteiger partial charge in [-0.25, -0.2) is 0 Å². The number of nitrogens with zero attached hydrogens (tertiary/aromatic N) is 1. The molecule has 1 N–H and O–H groups in total. The van der Waals surface area contributed by atoms with Crippen molar-refractivity contribution in [3.05, 3.63) is 28.8 Å². The first-order valence-electron chi connectivity index (χ1n) is 7.39. The number of imide groups is 2. The number of hydrogen-bond acceptors (Lipinski definition) is 4. The van der Waals surface area contributed by atoms with Crippen LogP contribution < -0.4 is 10.6 Å². The summed E-state index contributed by atoms with van der Waals surface area (Å²) in [6.45, 7) is 3.76. The van der Waals surface area contributed by atoms with Crippen LogP contribution >= 0.6 is 9.24 Å². The molecule has 0 aliphatic carbocycles. The number of hydrogen-bond donors (Lipinski definition) is 1. The van der Waals surface area contributed by atoms with Crippen molar-refractivity contribution < 1.29 is 19.2 Å². The molecule has 23 heavy (non-hydrogen) atoms. The maximum Gasteiger partial charge on any atom is 0.261 e. The SMILES string of the molecule is CCc1cc(C(=O)N(C=O)C2CCC(=O)NC2=O)c(C)cc1P. The summed E-state index contributed by atoms with van der Waals surface area (Å²) in [7, 11) is 2.62. The lowest BCUT2D eigenvalue weighted by Gasteiger charge is -2.29. The summed E-state index contributed by atoms with van der Waals surface area (Å²) in [5, 5.41) is 3.16. The van der Waals surface area contributed by atoms with Crippen molar-refractivity contribution in [2.45, 2.75) is 39.2 Å². The highest BCUT2D eigenvalue weighted by atomic mass is 31.0. The van der Waals surface area contributed by atoms with Crippen molar-refractivity contribution in [3.8, 4) is 0 Å². The van der Waals surface area contributed by atoms with E-state index in [4.69, 9.17) is 0 Å². The van der Waals surface area contributed by atoms with E-state index in [0.717, 1.165) is 27.8 Å². The fraction of sp³-hybridized carbons (Fsp3) is 0.375. The summed E-state index contributed by atoms with van der Waals surface area (Å²) >= 11 is 0. The number of nitrogens with one attached hydrogen (secondary N) is 1. The van der Waals surface area contributed by atoms with Gasteiger partial charge < -0.3 is 0 Å². The summed E-state index contributed by atoms with van der Waals surface area (Å²) in [6, 6.07) is 2.67. The zero-order valence-electron chi connectivity index (χ0n) is 13.1. The lowest BCUT2D eigenvalue weighted by Crippen LogP contribution is -2.54. The molecule has 0 radical (unpaired) electrons. The Bertz CT molecular complexity index is 687. The van der Waals surface area contributed by atoms with E-state index in [1.807, 2.05) is 13.0 Å². The number of benzene rings is 1. The lowest BCUT2D eigenvalue weighted by molar-refractivity contribution is -0.139. The molecule has 0 saturated carbocycles. The summed E-state index contributed by atoms with van der Waals surface area (Å²) in [6.07, 6.45) is 1.37. The zero-order chi connectivity index (χ0) is 17.1. The third-order valence-electron chi connectivity index (χ3n) is 3.99. The first-order chi connectivity index (χ1) is 10.9. The predicted molar refractivity (Wildman–Crippen MR) is 88.3 cm³/mol. The van der Waals surface area contributed by atoms with Crippen LogP contribution in [0.4, 0.5) is 0 Å². The quantitative estimate of drug-likeness (QED) is 0.493. The molecule has 1 aromatic carbocycles. The van der Waals surface area contributed by atoms with Gasteiger partial charge in [-0.05, 0) is 42.3 Å². The third kappa shape index (κ3) is 3.48. The highest BCUT2D eigenvalue weighted by Gasteiger charge is 2.35. The highest BCUT2D eigenvalue weighted by molar-refractivity contribution is 7.27. The fourth-order valence-corrected chi connectivity index (χ4v) is 3.20. The average Bonchev–Trinajstić information content (AvgIpc) is 2.50. The maximum atomic E-state index is 12.7. The molecular formula is C16H19N2O4P. The molecule has 6 nitrogen and oxygen atoms in total. The largest absolute Gasteiger partial charge is 0.295 e. The molecule has 2 rings (SSSR count). The Morgan fingerprint density at radius 2 is 2.13 bits per heavy atom. The van der Waals surface area contributed by atoms with Crippen LogP contribution in [0.1, 0.15) is 41.3 Å². The fourth-order valence-electron chi connectivity index (χ4n) is 2.66. The number of carbonyl (C=O) groups is 4. The topological polar surface area (TPSA) is 83.6 Å². The lowest BCUT2D eigenvalue weighted by atomic mass is 10.00. The van der Waals surface area contributed by atoms with Gasteiger partial charge in [0.15, 0.2) is 0 Å². The first-order valence-corrected chi connectivity index (χ1v) is 7.97. The summed E-state index contributed by atoms with van der Waals surface area (Å²) in [4.78, 5) is 48.2. The number of amides is 4. The van der Waals surface area contributed by atoms with Crippen LogP contribution in [0.3, 0.4) is 0 Å². The maximum absolute atomic E-state index is 12.7. The molecule has 0 aromatic heterocycles. The predicted octanol–water partition coefficient (Wildman–Crippen LogP) is 0.462. The first kappa shape index (κ1) is 17.3. The minimum Gasteiger partial charge on any atom is -0.295 e. The average molecular weight is 334 g/mol. The van der Waals surface area contributed by atoms with Crippen LogP contribution in [0, 0.1) is 6.92 Å². The van der Waals surface area contributed by atoms with Crippen LogP contribution in [0.2, 0.25) is 0 Å². The standard InChI is InChI=1S/C16H19N2O4P/c1-3-10-7-11(9(2)6-13(10)23)16(22)18(8-19)12-4-5-14(20)17-15(12)21/h6-8,12H,3-5,23H2,1-2H3,(H,17,20,21). The van der Waals surface area contributed by atoms with Gasteiger partial charge in [0.25, 0.3) is 5.91 Å². The third-order valence-corrected chi connectivity index (χ3v) is 4.53. The summed E-state index contributed by atoms with van der Waals surface area (Å²) < 4.78 is 0. The Balaban J connectivity index is 2.35. The molecule has 1 saturated heterocycles. The van der Waals surface area contributed by atoms with Crippen molar-refractivity contribution in [2.24, 2.45) is 0 Å². The highest BCUT2D eigenvalue weighted by Crippen LogP contribution is 2.18. The second-order valence-corrected chi connectivity index (χ2v) is 6.13. The van der Waals surface area contributed by atoms with Gasteiger partial charge in [-0.15, -0.1) is 9.24 Å². The van der Waals surface area contributed by atoms with Crippen LogP contribution in [0.15, 0.2) is 12.1 Å². The van der Waals surface area contributed by atoms with E-state index in [1.165, 1.54) is 0 Å². The van der Waals surface area contributed by atoms with E-state index in [-0.39, 0.29) is 18.7 Å². The van der Waals surface area contributed by atoms with Gasteiger partial charge in [-0.1, -0.05) is 13.0 Å². The monoisotopic (exact) mass is 334 g/mol. The molecule has 2 unspecified atom stereocenters. The van der Waals surface area contributed by atoms with Gasteiger partial charge in [0.05, 0.1) is 0 Å². The molecule has 7 heteroatoms. The van der Waals surface area contributed by atoms with Crippen LogP contribution in [0.5, 0.6) is 0 Å². The van der Waals surface area contributed by atoms with Crippen LogP contribution in [0.25, 0.3) is 0 Å². The number of rotatable bonds is 4. The molecule has 1 fully saturated rings.